The average Bonchev–Trinajstić information content (AvgIpc) is 3.09. The summed E-state index contributed by atoms with van der Waals surface area (Å²) in [6, 6.07) is 7.74. The maximum absolute atomic E-state index is 12.7. The van der Waals surface area contributed by atoms with Gasteiger partial charge in [-0.05, 0) is 25.3 Å². The minimum absolute atomic E-state index is 0.112. The number of aromatic nitrogens is 2. The Morgan fingerprint density at radius 2 is 2.11 bits per heavy atom. The van der Waals surface area contributed by atoms with Gasteiger partial charge in [-0.2, -0.15) is 4.98 Å². The van der Waals surface area contributed by atoms with Crippen molar-refractivity contribution in [3.63, 3.8) is 0 Å². The molecule has 2 aromatic rings. The molecule has 2 heterocycles. The molecule has 3 rings (SSSR count). The number of piperidine rings is 1. The number of benzene rings is 1. The van der Waals surface area contributed by atoms with E-state index in [2.05, 4.69) is 10.1 Å². The van der Waals surface area contributed by atoms with Crippen LogP contribution in [0.5, 0.6) is 0 Å². The second kappa shape index (κ2) is 7.77. The van der Waals surface area contributed by atoms with Crippen LogP contribution in [0.2, 0.25) is 0 Å². The van der Waals surface area contributed by atoms with Crippen molar-refractivity contribution in [2.75, 3.05) is 26.4 Å². The molecule has 0 unspecified atom stereocenters. The highest BCUT2D eigenvalue weighted by molar-refractivity contribution is 7.88. The van der Waals surface area contributed by atoms with Gasteiger partial charge in [0.25, 0.3) is 0 Å². The lowest BCUT2D eigenvalue weighted by Crippen LogP contribution is -2.45. The van der Waals surface area contributed by atoms with E-state index >= 15 is 0 Å². The summed E-state index contributed by atoms with van der Waals surface area (Å²) in [6.45, 7) is 2.85. The molecule has 1 aliphatic heterocycles. The van der Waals surface area contributed by atoms with Gasteiger partial charge in [0.05, 0.1) is 18.7 Å². The molecule has 0 saturated carbocycles. The van der Waals surface area contributed by atoms with Crippen LogP contribution in [0.4, 0.5) is 0 Å². The zero-order valence-corrected chi connectivity index (χ0v) is 16.6. The van der Waals surface area contributed by atoms with E-state index in [1.165, 1.54) is 15.5 Å². The van der Waals surface area contributed by atoms with Crippen molar-refractivity contribution >= 4 is 15.9 Å². The van der Waals surface area contributed by atoms with Gasteiger partial charge in [0.1, 0.15) is 0 Å². The number of hydrogen-bond donors (Lipinski definition) is 0. The first kappa shape index (κ1) is 19.5. The summed E-state index contributed by atoms with van der Waals surface area (Å²) < 4.78 is 30.2. The van der Waals surface area contributed by atoms with Crippen LogP contribution < -0.4 is 0 Å². The first-order valence-corrected chi connectivity index (χ1v) is 10.7. The molecule has 9 heteroatoms. The maximum Gasteiger partial charge on any atom is 0.246 e. The van der Waals surface area contributed by atoms with Crippen molar-refractivity contribution in [3.8, 4) is 11.4 Å². The second-order valence-electron chi connectivity index (χ2n) is 6.98. The van der Waals surface area contributed by atoms with E-state index in [9.17, 15) is 13.2 Å². The van der Waals surface area contributed by atoms with Gasteiger partial charge < -0.3 is 9.42 Å². The van der Waals surface area contributed by atoms with E-state index in [0.717, 1.165) is 11.1 Å². The van der Waals surface area contributed by atoms with Crippen LogP contribution in [-0.4, -0.2) is 60.1 Å². The van der Waals surface area contributed by atoms with Gasteiger partial charge in [0.15, 0.2) is 0 Å². The molecule has 1 aromatic heterocycles. The summed E-state index contributed by atoms with van der Waals surface area (Å²) in [7, 11) is -1.62. The highest BCUT2D eigenvalue weighted by Gasteiger charge is 2.32. The Kier molecular flexibility index (Phi) is 5.61. The molecule has 146 valence electrons. The molecule has 0 aliphatic carbocycles. The highest BCUT2D eigenvalue weighted by Crippen LogP contribution is 2.22. The molecule has 1 aromatic carbocycles. The average molecular weight is 392 g/mol. The molecule has 1 aliphatic rings. The Hall–Kier alpha value is -2.26. The van der Waals surface area contributed by atoms with Gasteiger partial charge in [-0.3, -0.25) is 4.79 Å². The largest absolute Gasteiger partial charge is 0.337 e. The fraction of sp³-hybridized carbons (Fsp3) is 0.500. The van der Waals surface area contributed by atoms with Crippen LogP contribution in [0, 0.1) is 12.8 Å². The number of nitrogens with zero attached hydrogens (tertiary/aromatic N) is 4. The molecular weight excluding hydrogens is 368 g/mol. The van der Waals surface area contributed by atoms with E-state index in [0.29, 0.717) is 31.1 Å². The molecule has 8 nitrogen and oxygen atoms in total. The molecule has 0 radical (unpaired) electrons. The van der Waals surface area contributed by atoms with Crippen molar-refractivity contribution in [1.29, 1.82) is 0 Å². The van der Waals surface area contributed by atoms with Crippen molar-refractivity contribution in [2.45, 2.75) is 26.3 Å². The first-order valence-electron chi connectivity index (χ1n) is 8.84. The van der Waals surface area contributed by atoms with E-state index in [-0.39, 0.29) is 24.9 Å². The number of hydrogen-bond acceptors (Lipinski definition) is 6. The van der Waals surface area contributed by atoms with Gasteiger partial charge in [0.2, 0.25) is 27.6 Å². The molecule has 0 N–H and O–H groups in total. The predicted molar refractivity (Wildman–Crippen MR) is 100 cm³/mol. The quantitative estimate of drug-likeness (QED) is 0.768. The SMILES string of the molecule is Cc1ccccc1-c1noc(CN(C)C(=O)[C@@H]2CCCN(S(C)(=O)=O)C2)n1. The zero-order valence-electron chi connectivity index (χ0n) is 15.8. The van der Waals surface area contributed by atoms with Gasteiger partial charge in [-0.25, -0.2) is 12.7 Å². The predicted octanol–water partition coefficient (Wildman–Crippen LogP) is 1.68. The van der Waals surface area contributed by atoms with Crippen LogP contribution in [-0.2, 0) is 21.4 Å². The molecule has 1 amide bonds. The lowest BCUT2D eigenvalue weighted by molar-refractivity contribution is -0.136. The van der Waals surface area contributed by atoms with E-state index < -0.39 is 10.0 Å². The molecule has 1 atom stereocenters. The second-order valence-corrected chi connectivity index (χ2v) is 8.96. The molecular formula is C18H24N4O4S. The number of carbonyl (C=O) groups excluding carboxylic acids is 1. The fourth-order valence-electron chi connectivity index (χ4n) is 3.29. The molecule has 1 fully saturated rings. The van der Waals surface area contributed by atoms with Gasteiger partial charge in [-0.15, -0.1) is 0 Å². The standard InChI is InChI=1S/C18H24N4O4S/c1-13-7-4-5-9-15(13)17-19-16(26-20-17)12-21(2)18(23)14-8-6-10-22(11-14)27(3,24)25/h4-5,7,9,14H,6,8,10-12H2,1-3H3/t14-/m1/s1. The molecule has 0 bridgehead atoms. The van der Waals surface area contributed by atoms with Crippen molar-refractivity contribution in [2.24, 2.45) is 5.92 Å². The number of rotatable bonds is 5. The van der Waals surface area contributed by atoms with E-state index in [1.54, 1.807) is 7.05 Å². The van der Waals surface area contributed by atoms with Crippen molar-refractivity contribution in [1.82, 2.24) is 19.3 Å². The molecule has 1 saturated heterocycles. The normalized spacial score (nSPS) is 18.4. The lowest BCUT2D eigenvalue weighted by Gasteiger charge is -2.32. The topological polar surface area (TPSA) is 96.6 Å². The minimum Gasteiger partial charge on any atom is -0.337 e. The third-order valence-electron chi connectivity index (χ3n) is 4.81. The van der Waals surface area contributed by atoms with Crippen LogP contribution in [0.3, 0.4) is 0 Å². The smallest absolute Gasteiger partial charge is 0.246 e. The zero-order chi connectivity index (χ0) is 19.6. The Bertz CT molecular complexity index is 925. The third-order valence-corrected chi connectivity index (χ3v) is 6.07. The molecule has 27 heavy (non-hydrogen) atoms. The minimum atomic E-state index is -3.29. The van der Waals surface area contributed by atoms with Crippen LogP contribution >= 0.6 is 0 Å². The summed E-state index contributed by atoms with van der Waals surface area (Å²) >= 11 is 0. The summed E-state index contributed by atoms with van der Waals surface area (Å²) in [5, 5.41) is 4.00. The number of sulfonamides is 1. The summed E-state index contributed by atoms with van der Waals surface area (Å²) in [4.78, 5) is 18.6. The molecule has 0 spiro atoms. The van der Waals surface area contributed by atoms with Gasteiger partial charge in [0, 0.05) is 25.7 Å². The van der Waals surface area contributed by atoms with Crippen molar-refractivity contribution in [3.05, 3.63) is 35.7 Å². The Balaban J connectivity index is 1.66. The van der Waals surface area contributed by atoms with E-state index in [4.69, 9.17) is 4.52 Å². The third kappa shape index (κ3) is 4.54. The lowest BCUT2D eigenvalue weighted by atomic mass is 9.98. The van der Waals surface area contributed by atoms with Gasteiger partial charge in [-0.1, -0.05) is 29.4 Å². The Morgan fingerprint density at radius 3 is 2.81 bits per heavy atom. The van der Waals surface area contributed by atoms with Crippen molar-refractivity contribution < 1.29 is 17.7 Å². The van der Waals surface area contributed by atoms with Crippen LogP contribution in [0.15, 0.2) is 28.8 Å². The fourth-order valence-corrected chi connectivity index (χ4v) is 4.20. The van der Waals surface area contributed by atoms with Crippen LogP contribution in [0.1, 0.15) is 24.3 Å². The highest BCUT2D eigenvalue weighted by atomic mass is 32.2. The van der Waals surface area contributed by atoms with E-state index in [1.807, 2.05) is 31.2 Å². The Labute approximate surface area is 159 Å². The Morgan fingerprint density at radius 1 is 1.37 bits per heavy atom. The van der Waals surface area contributed by atoms with Crippen LogP contribution in [0.25, 0.3) is 11.4 Å². The summed E-state index contributed by atoms with van der Waals surface area (Å²) in [6.07, 6.45) is 2.53. The summed E-state index contributed by atoms with van der Waals surface area (Å²) in [5.41, 5.74) is 1.93. The number of carbonyl (C=O) groups is 1. The van der Waals surface area contributed by atoms with Gasteiger partial charge >= 0.3 is 0 Å². The number of amides is 1. The maximum atomic E-state index is 12.7. The first-order chi connectivity index (χ1) is 12.8. The number of aryl methyl sites for hydroxylation is 1. The monoisotopic (exact) mass is 392 g/mol. The summed E-state index contributed by atoms with van der Waals surface area (Å²) in [5.74, 6) is 0.376.